The summed E-state index contributed by atoms with van der Waals surface area (Å²) < 4.78 is 0. The molecule has 1 aliphatic rings. The first-order chi connectivity index (χ1) is 8.44. The van der Waals surface area contributed by atoms with E-state index in [4.69, 9.17) is 0 Å². The van der Waals surface area contributed by atoms with Crippen LogP contribution in [0.4, 0.5) is 0 Å². The molecule has 1 aromatic carbocycles. The quantitative estimate of drug-likeness (QED) is 0.682. The third-order valence-electron chi connectivity index (χ3n) is 4.80. The van der Waals surface area contributed by atoms with Gasteiger partial charge in [0.25, 0.3) is 0 Å². The van der Waals surface area contributed by atoms with Gasteiger partial charge in [0.15, 0.2) is 0 Å². The van der Waals surface area contributed by atoms with Gasteiger partial charge < -0.3 is 0 Å². The standard InChI is InChI=1S/C18H24/c1-13-8-6-10-17(15(13)3)12-18(5)11-7-9-14(2)16(18)4/h6-11,16H,12H2,1-5H3. The number of allylic oxidation sites excluding steroid dienone is 4. The van der Waals surface area contributed by atoms with E-state index in [1.165, 1.54) is 22.3 Å². The van der Waals surface area contributed by atoms with Crippen LogP contribution in [0.1, 0.15) is 37.5 Å². The molecule has 0 fully saturated rings. The molecular weight excluding hydrogens is 216 g/mol. The predicted molar refractivity (Wildman–Crippen MR) is 79.8 cm³/mol. The molecule has 0 aromatic heterocycles. The Labute approximate surface area is 111 Å². The molecule has 0 nitrogen and oxygen atoms in total. The molecular formula is C18H24. The first-order valence-electron chi connectivity index (χ1n) is 6.85. The fourth-order valence-corrected chi connectivity index (χ4v) is 2.85. The lowest BCUT2D eigenvalue weighted by Gasteiger charge is -2.36. The van der Waals surface area contributed by atoms with Gasteiger partial charge in [-0.1, -0.05) is 55.8 Å². The van der Waals surface area contributed by atoms with Crippen LogP contribution in [-0.2, 0) is 6.42 Å². The van der Waals surface area contributed by atoms with Crippen molar-refractivity contribution in [2.75, 3.05) is 0 Å². The summed E-state index contributed by atoms with van der Waals surface area (Å²) in [6.07, 6.45) is 7.98. The molecule has 0 radical (unpaired) electrons. The fourth-order valence-electron chi connectivity index (χ4n) is 2.85. The highest BCUT2D eigenvalue weighted by molar-refractivity contribution is 5.36. The average molecular weight is 240 g/mol. The van der Waals surface area contributed by atoms with E-state index in [2.05, 4.69) is 71.0 Å². The molecule has 0 heteroatoms. The molecule has 18 heavy (non-hydrogen) atoms. The zero-order chi connectivity index (χ0) is 13.3. The minimum atomic E-state index is 0.247. The van der Waals surface area contributed by atoms with Gasteiger partial charge in [0, 0.05) is 0 Å². The molecule has 0 saturated heterocycles. The van der Waals surface area contributed by atoms with Crippen LogP contribution in [0.15, 0.2) is 42.0 Å². The summed E-state index contributed by atoms with van der Waals surface area (Å²) in [5.74, 6) is 0.613. The molecule has 0 aliphatic heterocycles. The van der Waals surface area contributed by atoms with E-state index in [9.17, 15) is 0 Å². The Morgan fingerprint density at radius 2 is 1.89 bits per heavy atom. The Morgan fingerprint density at radius 1 is 1.17 bits per heavy atom. The molecule has 0 saturated carbocycles. The van der Waals surface area contributed by atoms with Crippen LogP contribution in [0, 0.1) is 25.2 Å². The molecule has 0 amide bonds. The first kappa shape index (κ1) is 13.1. The number of aryl methyl sites for hydroxylation is 1. The van der Waals surface area contributed by atoms with Crippen molar-refractivity contribution >= 4 is 0 Å². The van der Waals surface area contributed by atoms with Crippen LogP contribution in [-0.4, -0.2) is 0 Å². The highest BCUT2D eigenvalue weighted by Gasteiger charge is 2.31. The van der Waals surface area contributed by atoms with Crippen molar-refractivity contribution in [3.05, 3.63) is 58.7 Å². The summed E-state index contributed by atoms with van der Waals surface area (Å²) in [4.78, 5) is 0. The van der Waals surface area contributed by atoms with E-state index < -0.39 is 0 Å². The van der Waals surface area contributed by atoms with Crippen molar-refractivity contribution < 1.29 is 0 Å². The van der Waals surface area contributed by atoms with Gasteiger partial charge in [0.05, 0.1) is 0 Å². The van der Waals surface area contributed by atoms with Crippen LogP contribution in [0.25, 0.3) is 0 Å². The maximum Gasteiger partial charge on any atom is -0.00402 e. The summed E-state index contributed by atoms with van der Waals surface area (Å²) in [5, 5.41) is 0. The second-order valence-electron chi connectivity index (χ2n) is 6.03. The zero-order valence-corrected chi connectivity index (χ0v) is 12.2. The van der Waals surface area contributed by atoms with Crippen molar-refractivity contribution in [3.8, 4) is 0 Å². The van der Waals surface area contributed by atoms with Gasteiger partial charge in [-0.3, -0.25) is 0 Å². The van der Waals surface area contributed by atoms with Crippen LogP contribution in [0.5, 0.6) is 0 Å². The van der Waals surface area contributed by atoms with E-state index in [1.54, 1.807) is 0 Å². The maximum atomic E-state index is 2.38. The summed E-state index contributed by atoms with van der Waals surface area (Å²) in [7, 11) is 0. The number of benzene rings is 1. The van der Waals surface area contributed by atoms with Crippen LogP contribution in [0.2, 0.25) is 0 Å². The van der Waals surface area contributed by atoms with Gasteiger partial charge in [-0.15, -0.1) is 0 Å². The molecule has 2 unspecified atom stereocenters. The highest BCUT2D eigenvalue weighted by atomic mass is 14.4. The summed E-state index contributed by atoms with van der Waals surface area (Å²) in [6, 6.07) is 6.66. The zero-order valence-electron chi connectivity index (χ0n) is 12.2. The van der Waals surface area contributed by atoms with Gasteiger partial charge in [-0.2, -0.15) is 0 Å². The monoisotopic (exact) mass is 240 g/mol. The topological polar surface area (TPSA) is 0 Å². The Bertz CT molecular complexity index is 505. The maximum absolute atomic E-state index is 2.38. The largest absolute Gasteiger partial charge is 0.0777 e. The van der Waals surface area contributed by atoms with E-state index >= 15 is 0 Å². The molecule has 96 valence electrons. The third-order valence-corrected chi connectivity index (χ3v) is 4.80. The van der Waals surface area contributed by atoms with Gasteiger partial charge in [-0.25, -0.2) is 0 Å². The SMILES string of the molecule is CC1=CC=CC(C)(Cc2cccc(C)c2C)C1C. The van der Waals surface area contributed by atoms with Crippen molar-refractivity contribution in [3.63, 3.8) is 0 Å². The second-order valence-corrected chi connectivity index (χ2v) is 6.03. The van der Waals surface area contributed by atoms with Crippen LogP contribution in [0.3, 0.4) is 0 Å². The van der Waals surface area contributed by atoms with Gasteiger partial charge in [-0.05, 0) is 55.2 Å². The van der Waals surface area contributed by atoms with E-state index in [-0.39, 0.29) is 5.41 Å². The number of rotatable bonds is 2. The van der Waals surface area contributed by atoms with E-state index in [1.807, 2.05) is 0 Å². The number of hydrogen-bond acceptors (Lipinski definition) is 0. The Morgan fingerprint density at radius 3 is 2.61 bits per heavy atom. The molecule has 0 bridgehead atoms. The average Bonchev–Trinajstić information content (AvgIpc) is 2.32. The summed E-state index contributed by atoms with van der Waals surface area (Å²) in [5.41, 5.74) is 6.08. The van der Waals surface area contributed by atoms with Gasteiger partial charge >= 0.3 is 0 Å². The lowest BCUT2D eigenvalue weighted by Crippen LogP contribution is -2.28. The first-order valence-corrected chi connectivity index (χ1v) is 6.85. The molecule has 1 aliphatic carbocycles. The molecule has 2 rings (SSSR count). The van der Waals surface area contributed by atoms with Crippen molar-refractivity contribution in [1.29, 1.82) is 0 Å². The normalized spacial score (nSPS) is 27.2. The lowest BCUT2D eigenvalue weighted by atomic mass is 9.68. The minimum Gasteiger partial charge on any atom is -0.0777 e. The molecule has 0 heterocycles. The number of hydrogen-bond donors (Lipinski definition) is 0. The molecule has 2 atom stereocenters. The van der Waals surface area contributed by atoms with Crippen LogP contribution < -0.4 is 0 Å². The summed E-state index contributed by atoms with van der Waals surface area (Å²) >= 11 is 0. The fraction of sp³-hybridized carbons (Fsp3) is 0.444. The Balaban J connectivity index is 2.31. The van der Waals surface area contributed by atoms with Gasteiger partial charge in [0.1, 0.15) is 0 Å². The van der Waals surface area contributed by atoms with Crippen molar-refractivity contribution in [2.45, 2.75) is 41.0 Å². The molecule has 1 aromatic rings. The van der Waals surface area contributed by atoms with Crippen LogP contribution >= 0.6 is 0 Å². The molecule has 0 spiro atoms. The molecule has 0 N–H and O–H groups in total. The van der Waals surface area contributed by atoms with E-state index in [0.29, 0.717) is 5.92 Å². The highest BCUT2D eigenvalue weighted by Crippen LogP contribution is 2.40. The third kappa shape index (κ3) is 2.29. The van der Waals surface area contributed by atoms with Gasteiger partial charge in [0.2, 0.25) is 0 Å². The Kier molecular flexibility index (Phi) is 3.47. The lowest BCUT2D eigenvalue weighted by molar-refractivity contribution is 0.307. The van der Waals surface area contributed by atoms with E-state index in [0.717, 1.165) is 6.42 Å². The second kappa shape index (κ2) is 4.76. The van der Waals surface area contributed by atoms with Crippen molar-refractivity contribution in [2.24, 2.45) is 11.3 Å². The smallest absolute Gasteiger partial charge is 0.00402 e. The minimum absolute atomic E-state index is 0.247. The summed E-state index contributed by atoms with van der Waals surface area (Å²) in [6.45, 7) is 11.4. The van der Waals surface area contributed by atoms with Crippen molar-refractivity contribution in [1.82, 2.24) is 0 Å². The predicted octanol–water partition coefficient (Wildman–Crippen LogP) is 5.00. The Hall–Kier alpha value is -1.30.